The zero-order valence-corrected chi connectivity index (χ0v) is 15.7. The lowest BCUT2D eigenvalue weighted by molar-refractivity contribution is -0.152. The maximum atomic E-state index is 13.1. The van der Waals surface area contributed by atoms with E-state index in [9.17, 15) is 18.0 Å². The third kappa shape index (κ3) is 3.52. The highest BCUT2D eigenvalue weighted by Crippen LogP contribution is 2.38. The van der Waals surface area contributed by atoms with Crippen LogP contribution in [-0.4, -0.2) is 37.5 Å². The second-order valence-electron chi connectivity index (χ2n) is 6.03. The van der Waals surface area contributed by atoms with Gasteiger partial charge in [-0.15, -0.1) is 0 Å². The van der Waals surface area contributed by atoms with Crippen LogP contribution in [0.1, 0.15) is 24.1 Å². The molecule has 142 valence electrons. The summed E-state index contributed by atoms with van der Waals surface area (Å²) in [6.07, 6.45) is -2.48. The highest BCUT2D eigenvalue weighted by Gasteiger charge is 2.53. The number of nitrogens with zero attached hydrogens (tertiary/aromatic N) is 1. The Morgan fingerprint density at radius 1 is 1.11 bits per heavy atom. The van der Waals surface area contributed by atoms with Gasteiger partial charge < -0.3 is 9.47 Å². The first-order valence-corrected chi connectivity index (χ1v) is 9.83. The van der Waals surface area contributed by atoms with Crippen LogP contribution in [0.15, 0.2) is 59.5 Å². The average molecular weight is 389 g/mol. The number of ether oxygens (including phenoxy) is 2. The molecule has 27 heavy (non-hydrogen) atoms. The third-order valence-electron chi connectivity index (χ3n) is 4.18. The molecule has 0 aliphatic carbocycles. The molecule has 1 fully saturated rings. The molecule has 0 spiro atoms. The van der Waals surface area contributed by atoms with Crippen LogP contribution >= 0.6 is 0 Å². The van der Waals surface area contributed by atoms with Crippen molar-refractivity contribution in [2.75, 3.05) is 6.61 Å². The highest BCUT2D eigenvalue weighted by atomic mass is 32.2. The number of aryl methyl sites for hydroxylation is 1. The lowest BCUT2D eigenvalue weighted by Gasteiger charge is -2.23. The lowest BCUT2D eigenvalue weighted by atomic mass is 10.0. The Kier molecular flexibility index (Phi) is 5.18. The fourth-order valence-electron chi connectivity index (χ4n) is 2.89. The molecule has 2 atom stereocenters. The zero-order valence-electron chi connectivity index (χ0n) is 14.9. The van der Waals surface area contributed by atoms with Crippen LogP contribution in [0.2, 0.25) is 0 Å². The number of carbonyl (C=O) groups excluding carboxylic acids is 2. The van der Waals surface area contributed by atoms with Gasteiger partial charge in [-0.1, -0.05) is 48.0 Å². The van der Waals surface area contributed by atoms with Gasteiger partial charge in [0, 0.05) is 0 Å². The molecular weight excluding hydrogens is 370 g/mol. The minimum Gasteiger partial charge on any atom is -0.463 e. The van der Waals surface area contributed by atoms with Gasteiger partial charge in [-0.05, 0) is 31.5 Å². The minimum absolute atomic E-state index is 0.0597. The molecule has 0 saturated carbocycles. The van der Waals surface area contributed by atoms with E-state index >= 15 is 0 Å². The summed E-state index contributed by atoms with van der Waals surface area (Å²) in [6, 6.07) is 13.4. The summed E-state index contributed by atoms with van der Waals surface area (Å²) in [5.41, 5.74) is 1.33. The van der Waals surface area contributed by atoms with Gasteiger partial charge in [-0.2, -0.15) is 4.31 Å². The molecule has 1 aliphatic rings. The van der Waals surface area contributed by atoms with Gasteiger partial charge >= 0.3 is 12.1 Å². The number of sulfonamides is 1. The first-order chi connectivity index (χ1) is 12.9. The van der Waals surface area contributed by atoms with Crippen molar-refractivity contribution in [3.63, 3.8) is 0 Å². The average Bonchev–Trinajstić information content (AvgIpc) is 3.01. The van der Waals surface area contributed by atoms with Gasteiger partial charge in [0.15, 0.2) is 0 Å². The summed E-state index contributed by atoms with van der Waals surface area (Å²) < 4.78 is 37.0. The van der Waals surface area contributed by atoms with Gasteiger partial charge in [0.25, 0.3) is 10.0 Å². The molecule has 1 heterocycles. The molecule has 2 aromatic carbocycles. The predicted octanol–water partition coefficient (Wildman–Crippen LogP) is 2.81. The maximum absolute atomic E-state index is 13.1. The predicted molar refractivity (Wildman–Crippen MR) is 96.3 cm³/mol. The molecule has 8 heteroatoms. The van der Waals surface area contributed by atoms with E-state index in [4.69, 9.17) is 9.47 Å². The highest BCUT2D eigenvalue weighted by molar-refractivity contribution is 7.89. The Balaban J connectivity index is 2.10. The van der Waals surface area contributed by atoms with E-state index in [1.54, 1.807) is 49.4 Å². The molecule has 0 bridgehead atoms. The monoisotopic (exact) mass is 389 g/mol. The second kappa shape index (κ2) is 7.40. The summed E-state index contributed by atoms with van der Waals surface area (Å²) in [4.78, 5) is 24.7. The molecule has 1 saturated heterocycles. The summed E-state index contributed by atoms with van der Waals surface area (Å²) in [5, 5.41) is 0. The third-order valence-corrected chi connectivity index (χ3v) is 5.95. The van der Waals surface area contributed by atoms with E-state index in [0.717, 1.165) is 5.56 Å². The van der Waals surface area contributed by atoms with Crippen LogP contribution < -0.4 is 0 Å². The number of rotatable bonds is 5. The SMILES string of the molecule is CCOC(=O)[C@@H]1OC(=O)N(S(=O)(=O)c2ccc(C)cc2)[C@@H]1c1ccccc1. The summed E-state index contributed by atoms with van der Waals surface area (Å²) in [5.74, 6) is -0.790. The van der Waals surface area contributed by atoms with Gasteiger partial charge in [-0.3, -0.25) is 0 Å². The van der Waals surface area contributed by atoms with Crippen LogP contribution in [0.5, 0.6) is 0 Å². The van der Waals surface area contributed by atoms with E-state index in [1.807, 2.05) is 6.92 Å². The van der Waals surface area contributed by atoms with Crippen molar-refractivity contribution in [1.82, 2.24) is 4.31 Å². The molecule has 0 unspecified atom stereocenters. The fraction of sp³-hybridized carbons (Fsp3) is 0.263. The minimum atomic E-state index is -4.23. The van der Waals surface area contributed by atoms with Gasteiger partial charge in [-0.25, -0.2) is 18.0 Å². The Morgan fingerprint density at radius 3 is 2.33 bits per heavy atom. The summed E-state index contributed by atoms with van der Waals surface area (Å²) in [7, 11) is -4.23. The number of hydrogen-bond acceptors (Lipinski definition) is 6. The number of carbonyl (C=O) groups is 2. The number of amides is 1. The van der Waals surface area contributed by atoms with Gasteiger partial charge in [0.05, 0.1) is 11.5 Å². The van der Waals surface area contributed by atoms with Crippen molar-refractivity contribution in [1.29, 1.82) is 0 Å². The van der Waals surface area contributed by atoms with Crippen LogP contribution in [0.3, 0.4) is 0 Å². The Morgan fingerprint density at radius 2 is 1.74 bits per heavy atom. The van der Waals surface area contributed by atoms with Crippen molar-refractivity contribution < 1.29 is 27.5 Å². The molecule has 7 nitrogen and oxygen atoms in total. The van der Waals surface area contributed by atoms with Crippen LogP contribution in [0.4, 0.5) is 4.79 Å². The van der Waals surface area contributed by atoms with E-state index in [0.29, 0.717) is 9.87 Å². The van der Waals surface area contributed by atoms with Crippen molar-refractivity contribution in [2.45, 2.75) is 30.9 Å². The molecule has 1 aliphatic heterocycles. The van der Waals surface area contributed by atoms with Gasteiger partial charge in [0.1, 0.15) is 6.04 Å². The number of cyclic esters (lactones) is 1. The van der Waals surface area contributed by atoms with Crippen LogP contribution in [-0.2, 0) is 24.3 Å². The normalized spacial score (nSPS) is 19.6. The van der Waals surface area contributed by atoms with Crippen molar-refractivity contribution in [3.8, 4) is 0 Å². The zero-order chi connectivity index (χ0) is 19.6. The lowest BCUT2D eigenvalue weighted by Crippen LogP contribution is -2.37. The van der Waals surface area contributed by atoms with E-state index in [1.165, 1.54) is 12.1 Å². The van der Waals surface area contributed by atoms with Crippen molar-refractivity contribution >= 4 is 22.1 Å². The maximum Gasteiger partial charge on any atom is 0.425 e. The van der Waals surface area contributed by atoms with E-state index < -0.39 is 34.2 Å². The second-order valence-corrected chi connectivity index (χ2v) is 7.84. The van der Waals surface area contributed by atoms with Crippen molar-refractivity contribution in [3.05, 3.63) is 65.7 Å². The topological polar surface area (TPSA) is 90.0 Å². The molecule has 2 aromatic rings. The number of hydrogen-bond donors (Lipinski definition) is 0. The standard InChI is InChI=1S/C19H19NO6S/c1-3-25-18(21)17-16(14-7-5-4-6-8-14)20(19(22)26-17)27(23,24)15-11-9-13(2)10-12-15/h4-12,16-17H,3H2,1-2H3/t16-,17-/m1/s1. The Bertz CT molecular complexity index is 940. The Labute approximate surface area is 157 Å². The molecule has 0 aromatic heterocycles. The van der Waals surface area contributed by atoms with Crippen LogP contribution in [0.25, 0.3) is 0 Å². The van der Waals surface area contributed by atoms with Crippen molar-refractivity contribution in [2.24, 2.45) is 0 Å². The summed E-state index contributed by atoms with van der Waals surface area (Å²) in [6.45, 7) is 3.52. The largest absolute Gasteiger partial charge is 0.463 e. The van der Waals surface area contributed by atoms with E-state index in [2.05, 4.69) is 0 Å². The van der Waals surface area contributed by atoms with Gasteiger partial charge in [0.2, 0.25) is 6.10 Å². The first kappa shape index (κ1) is 18.9. The molecule has 1 amide bonds. The molecule has 0 radical (unpaired) electrons. The molecular formula is C19H19NO6S. The smallest absolute Gasteiger partial charge is 0.425 e. The number of esters is 1. The molecule has 3 rings (SSSR count). The quantitative estimate of drug-likeness (QED) is 0.731. The molecule has 0 N–H and O–H groups in total. The number of benzene rings is 2. The Hall–Kier alpha value is -2.87. The van der Waals surface area contributed by atoms with Crippen LogP contribution in [0, 0.1) is 6.92 Å². The first-order valence-electron chi connectivity index (χ1n) is 8.39. The fourth-order valence-corrected chi connectivity index (χ4v) is 4.37. The van der Waals surface area contributed by atoms with E-state index in [-0.39, 0.29) is 11.5 Å². The summed E-state index contributed by atoms with van der Waals surface area (Å²) >= 11 is 0.